The Balaban J connectivity index is 1.61. The quantitative estimate of drug-likeness (QED) is 0.644. The van der Waals surface area contributed by atoms with Crippen LogP contribution in [0.1, 0.15) is 28.5 Å². The highest BCUT2D eigenvalue weighted by atomic mass is 35.5. The van der Waals surface area contributed by atoms with E-state index in [-0.39, 0.29) is 36.0 Å². The van der Waals surface area contributed by atoms with Crippen LogP contribution >= 0.6 is 11.6 Å². The van der Waals surface area contributed by atoms with Crippen LogP contribution < -0.4 is 9.62 Å². The SMILES string of the molecule is CCOC(=O)c1cc(Cl)c(N2CC(C(=O)NS(=O)(=O)Cc3ccccc3)C2)nc1C. The van der Waals surface area contributed by atoms with Gasteiger partial charge in [-0.15, -0.1) is 0 Å². The number of benzene rings is 1. The number of sulfonamides is 1. The largest absolute Gasteiger partial charge is 0.462 e. The van der Waals surface area contributed by atoms with Crippen LogP contribution in [-0.2, 0) is 25.3 Å². The molecule has 3 rings (SSSR count). The Bertz CT molecular complexity index is 1050. The van der Waals surface area contributed by atoms with E-state index in [0.29, 0.717) is 17.1 Å². The summed E-state index contributed by atoms with van der Waals surface area (Å²) in [6, 6.07) is 10.1. The van der Waals surface area contributed by atoms with E-state index in [0.717, 1.165) is 0 Å². The molecule has 1 fully saturated rings. The summed E-state index contributed by atoms with van der Waals surface area (Å²) in [7, 11) is -3.78. The fourth-order valence-electron chi connectivity index (χ4n) is 3.09. The van der Waals surface area contributed by atoms with E-state index >= 15 is 0 Å². The Kier molecular flexibility index (Phi) is 6.62. The number of pyridine rings is 1. The van der Waals surface area contributed by atoms with Gasteiger partial charge in [0.15, 0.2) is 0 Å². The minimum absolute atomic E-state index is 0.244. The van der Waals surface area contributed by atoms with Gasteiger partial charge in [0.05, 0.1) is 34.6 Å². The van der Waals surface area contributed by atoms with Gasteiger partial charge in [-0.05, 0) is 25.5 Å². The van der Waals surface area contributed by atoms with Gasteiger partial charge in [0, 0.05) is 13.1 Å². The Morgan fingerprint density at radius 1 is 1.27 bits per heavy atom. The van der Waals surface area contributed by atoms with Crippen LogP contribution in [-0.4, -0.2) is 45.0 Å². The van der Waals surface area contributed by atoms with E-state index in [4.69, 9.17) is 16.3 Å². The van der Waals surface area contributed by atoms with Gasteiger partial charge in [0.2, 0.25) is 15.9 Å². The van der Waals surface area contributed by atoms with E-state index in [9.17, 15) is 18.0 Å². The summed E-state index contributed by atoms with van der Waals surface area (Å²) >= 11 is 6.27. The van der Waals surface area contributed by atoms with Gasteiger partial charge in [-0.2, -0.15) is 0 Å². The Morgan fingerprint density at radius 3 is 2.57 bits per heavy atom. The van der Waals surface area contributed by atoms with Crippen molar-refractivity contribution in [1.29, 1.82) is 0 Å². The summed E-state index contributed by atoms with van der Waals surface area (Å²) < 4.78 is 31.6. The zero-order valence-corrected chi connectivity index (χ0v) is 18.2. The van der Waals surface area contributed by atoms with Gasteiger partial charge in [-0.25, -0.2) is 18.2 Å². The first-order chi connectivity index (χ1) is 14.2. The maximum atomic E-state index is 12.3. The molecule has 0 saturated carbocycles. The average molecular weight is 452 g/mol. The molecule has 8 nitrogen and oxygen atoms in total. The number of halogens is 1. The van der Waals surface area contributed by atoms with Crippen molar-refractivity contribution in [1.82, 2.24) is 9.71 Å². The predicted molar refractivity (Wildman–Crippen MR) is 113 cm³/mol. The van der Waals surface area contributed by atoms with Crippen molar-refractivity contribution in [2.45, 2.75) is 19.6 Å². The van der Waals surface area contributed by atoms with E-state index in [1.807, 2.05) is 0 Å². The number of esters is 1. The molecule has 1 aromatic heterocycles. The van der Waals surface area contributed by atoms with Gasteiger partial charge < -0.3 is 9.64 Å². The lowest BCUT2D eigenvalue weighted by atomic mass is 9.99. The number of ether oxygens (including phenoxy) is 1. The Labute approximate surface area is 180 Å². The second-order valence-corrected chi connectivity index (χ2v) is 9.09. The summed E-state index contributed by atoms with van der Waals surface area (Å²) in [6.07, 6.45) is 0. The highest BCUT2D eigenvalue weighted by Gasteiger charge is 2.36. The van der Waals surface area contributed by atoms with Gasteiger partial charge in [0.25, 0.3) is 0 Å². The number of hydrogen-bond acceptors (Lipinski definition) is 7. The number of carbonyl (C=O) groups is 2. The summed E-state index contributed by atoms with van der Waals surface area (Å²) in [5.74, 6) is -1.38. The minimum atomic E-state index is -3.78. The van der Waals surface area contributed by atoms with Crippen LogP contribution in [0.15, 0.2) is 36.4 Å². The molecule has 1 aromatic carbocycles. The van der Waals surface area contributed by atoms with Gasteiger partial charge in [0.1, 0.15) is 5.82 Å². The van der Waals surface area contributed by atoms with Gasteiger partial charge in [-0.1, -0.05) is 41.9 Å². The number of nitrogens with zero attached hydrogens (tertiary/aromatic N) is 2. The summed E-state index contributed by atoms with van der Waals surface area (Å²) in [6.45, 7) is 4.18. The molecule has 0 radical (unpaired) electrons. The number of rotatable bonds is 7. The van der Waals surface area contributed by atoms with Crippen LogP contribution in [0.2, 0.25) is 5.02 Å². The fraction of sp³-hybridized carbons (Fsp3) is 0.350. The smallest absolute Gasteiger partial charge is 0.340 e. The molecule has 0 aliphatic carbocycles. The second-order valence-electron chi connectivity index (χ2n) is 6.96. The molecule has 2 aromatic rings. The molecule has 1 aliphatic rings. The van der Waals surface area contributed by atoms with E-state index in [1.165, 1.54) is 6.07 Å². The van der Waals surface area contributed by atoms with E-state index in [1.54, 1.807) is 49.1 Å². The van der Waals surface area contributed by atoms with Crippen molar-refractivity contribution in [3.05, 3.63) is 58.2 Å². The van der Waals surface area contributed by atoms with Crippen LogP contribution in [0, 0.1) is 12.8 Å². The normalized spacial score (nSPS) is 14.2. The number of nitrogens with one attached hydrogen (secondary N) is 1. The summed E-state index contributed by atoms with van der Waals surface area (Å²) in [5.41, 5.74) is 1.35. The molecule has 1 N–H and O–H groups in total. The molecular weight excluding hydrogens is 430 g/mol. The number of amides is 1. The van der Waals surface area contributed by atoms with Crippen LogP contribution in [0.3, 0.4) is 0 Å². The fourth-order valence-corrected chi connectivity index (χ4v) is 4.54. The first kappa shape index (κ1) is 22.0. The lowest BCUT2D eigenvalue weighted by molar-refractivity contribution is -0.123. The predicted octanol–water partition coefficient (Wildman–Crippen LogP) is 2.30. The molecule has 0 unspecified atom stereocenters. The van der Waals surface area contributed by atoms with Gasteiger partial charge in [-0.3, -0.25) is 9.52 Å². The van der Waals surface area contributed by atoms with Crippen molar-refractivity contribution < 1.29 is 22.7 Å². The Morgan fingerprint density at radius 2 is 1.93 bits per heavy atom. The van der Waals surface area contributed by atoms with Crippen molar-refractivity contribution in [2.24, 2.45) is 5.92 Å². The zero-order chi connectivity index (χ0) is 21.9. The first-order valence-corrected chi connectivity index (χ1v) is 11.4. The molecule has 10 heteroatoms. The van der Waals surface area contributed by atoms with Crippen molar-refractivity contribution in [3.63, 3.8) is 0 Å². The molecule has 1 saturated heterocycles. The van der Waals surface area contributed by atoms with Crippen LogP contribution in [0.25, 0.3) is 0 Å². The molecular formula is C20H22ClN3O5S. The topological polar surface area (TPSA) is 106 Å². The number of aryl methyl sites for hydroxylation is 1. The zero-order valence-electron chi connectivity index (χ0n) is 16.6. The first-order valence-electron chi connectivity index (χ1n) is 9.37. The molecule has 160 valence electrons. The lowest BCUT2D eigenvalue weighted by Crippen LogP contribution is -2.55. The van der Waals surface area contributed by atoms with Crippen molar-refractivity contribution >= 4 is 39.3 Å². The van der Waals surface area contributed by atoms with Crippen LogP contribution in [0.5, 0.6) is 0 Å². The lowest BCUT2D eigenvalue weighted by Gasteiger charge is -2.39. The monoisotopic (exact) mass is 451 g/mol. The number of carbonyl (C=O) groups excluding carboxylic acids is 2. The molecule has 0 atom stereocenters. The van der Waals surface area contributed by atoms with E-state index < -0.39 is 27.8 Å². The third kappa shape index (κ3) is 5.09. The molecule has 1 amide bonds. The highest BCUT2D eigenvalue weighted by molar-refractivity contribution is 7.89. The number of hydrogen-bond donors (Lipinski definition) is 1. The maximum Gasteiger partial charge on any atom is 0.340 e. The molecule has 1 aliphatic heterocycles. The summed E-state index contributed by atoms with van der Waals surface area (Å²) in [4.78, 5) is 30.4. The summed E-state index contributed by atoms with van der Waals surface area (Å²) in [5, 5.41) is 0.263. The van der Waals surface area contributed by atoms with Crippen molar-refractivity contribution in [3.8, 4) is 0 Å². The highest BCUT2D eigenvalue weighted by Crippen LogP contribution is 2.31. The second kappa shape index (κ2) is 9.01. The molecule has 30 heavy (non-hydrogen) atoms. The number of aromatic nitrogens is 1. The van der Waals surface area contributed by atoms with Gasteiger partial charge >= 0.3 is 5.97 Å². The van der Waals surface area contributed by atoms with Crippen molar-refractivity contribution in [2.75, 3.05) is 24.6 Å². The third-order valence-electron chi connectivity index (χ3n) is 4.65. The third-order valence-corrected chi connectivity index (χ3v) is 6.15. The molecule has 0 spiro atoms. The average Bonchev–Trinajstić information content (AvgIpc) is 2.63. The van der Waals surface area contributed by atoms with E-state index in [2.05, 4.69) is 9.71 Å². The minimum Gasteiger partial charge on any atom is -0.462 e. The maximum absolute atomic E-state index is 12.3. The standard InChI is InChI=1S/C20H22ClN3O5S/c1-3-29-20(26)16-9-17(21)18(22-13(16)2)24-10-15(11-24)19(25)23-30(27,28)12-14-7-5-4-6-8-14/h4-9,15H,3,10-12H2,1-2H3,(H,23,25). The number of anilines is 1. The Hall–Kier alpha value is -2.65. The molecule has 0 bridgehead atoms. The molecule has 2 heterocycles. The van der Waals surface area contributed by atoms with Crippen LogP contribution in [0.4, 0.5) is 5.82 Å².